The molecule has 1 aromatic heterocycles. The van der Waals surface area contributed by atoms with E-state index in [2.05, 4.69) is 66.3 Å². The standard InChI is InChI=1S/C20H29N3OS.HI/c1-3-13-24-16-18-9-6-5-8-17(18)15-23-20(21-4-2)22-12-11-19-10-7-14-25-19;/h5-10,14H,3-4,11-13,15-16H2,1-2H3,(H2,21,22,23);1H. The molecule has 0 saturated heterocycles. The number of guanidine groups is 1. The predicted octanol–water partition coefficient (Wildman–Crippen LogP) is 4.59. The Morgan fingerprint density at radius 1 is 1.08 bits per heavy atom. The molecule has 0 atom stereocenters. The van der Waals surface area contributed by atoms with Crippen LogP contribution in [0.15, 0.2) is 46.8 Å². The van der Waals surface area contributed by atoms with Crippen LogP contribution in [0.5, 0.6) is 0 Å². The SMILES string of the molecule is CCCOCc1ccccc1CN=C(NCC)NCCc1cccs1.I. The van der Waals surface area contributed by atoms with Gasteiger partial charge in [-0.3, -0.25) is 0 Å². The molecule has 0 aliphatic heterocycles. The van der Waals surface area contributed by atoms with Crippen LogP contribution in [-0.2, 0) is 24.3 Å². The molecule has 26 heavy (non-hydrogen) atoms. The van der Waals surface area contributed by atoms with Crippen molar-refractivity contribution in [1.82, 2.24) is 10.6 Å². The number of hydrogen-bond acceptors (Lipinski definition) is 3. The van der Waals surface area contributed by atoms with E-state index in [4.69, 9.17) is 9.73 Å². The topological polar surface area (TPSA) is 45.6 Å². The van der Waals surface area contributed by atoms with Gasteiger partial charge in [0.2, 0.25) is 0 Å². The lowest BCUT2D eigenvalue weighted by molar-refractivity contribution is 0.121. The maximum Gasteiger partial charge on any atom is 0.191 e. The van der Waals surface area contributed by atoms with Gasteiger partial charge in [-0.05, 0) is 42.3 Å². The van der Waals surface area contributed by atoms with Crippen molar-refractivity contribution in [3.8, 4) is 0 Å². The van der Waals surface area contributed by atoms with Crippen molar-refractivity contribution in [2.24, 2.45) is 4.99 Å². The molecular weight excluding hydrogens is 457 g/mol. The van der Waals surface area contributed by atoms with Crippen molar-refractivity contribution < 1.29 is 4.74 Å². The van der Waals surface area contributed by atoms with Gasteiger partial charge in [-0.15, -0.1) is 35.3 Å². The third kappa shape index (κ3) is 8.51. The second-order valence-electron chi connectivity index (χ2n) is 5.77. The van der Waals surface area contributed by atoms with Crippen LogP contribution < -0.4 is 10.6 Å². The van der Waals surface area contributed by atoms with E-state index in [1.807, 2.05) is 0 Å². The zero-order valence-corrected chi connectivity index (χ0v) is 18.8. The van der Waals surface area contributed by atoms with E-state index in [0.29, 0.717) is 13.2 Å². The second kappa shape index (κ2) is 14.0. The van der Waals surface area contributed by atoms with Gasteiger partial charge in [0.1, 0.15) is 0 Å². The van der Waals surface area contributed by atoms with Crippen LogP contribution in [0.3, 0.4) is 0 Å². The van der Waals surface area contributed by atoms with Crippen LogP contribution in [-0.4, -0.2) is 25.7 Å². The molecule has 1 aromatic carbocycles. The maximum absolute atomic E-state index is 5.69. The van der Waals surface area contributed by atoms with Crippen LogP contribution in [0.1, 0.15) is 36.3 Å². The fourth-order valence-corrected chi connectivity index (χ4v) is 3.15. The van der Waals surface area contributed by atoms with Gasteiger partial charge >= 0.3 is 0 Å². The summed E-state index contributed by atoms with van der Waals surface area (Å²) in [7, 11) is 0. The quantitative estimate of drug-likeness (QED) is 0.223. The summed E-state index contributed by atoms with van der Waals surface area (Å²) < 4.78 is 5.69. The summed E-state index contributed by atoms with van der Waals surface area (Å²) >= 11 is 1.80. The van der Waals surface area contributed by atoms with Gasteiger partial charge in [0, 0.05) is 24.6 Å². The molecule has 0 unspecified atom stereocenters. The third-order valence-electron chi connectivity index (χ3n) is 3.72. The average molecular weight is 487 g/mol. The van der Waals surface area contributed by atoms with Crippen LogP contribution >= 0.6 is 35.3 Å². The number of thiophene rings is 1. The zero-order chi connectivity index (χ0) is 17.7. The molecule has 144 valence electrons. The lowest BCUT2D eigenvalue weighted by Gasteiger charge is -2.12. The first-order valence-corrected chi connectivity index (χ1v) is 9.90. The van der Waals surface area contributed by atoms with Crippen LogP contribution in [0.2, 0.25) is 0 Å². The molecule has 0 fully saturated rings. The number of benzene rings is 1. The van der Waals surface area contributed by atoms with E-state index in [9.17, 15) is 0 Å². The van der Waals surface area contributed by atoms with Gasteiger partial charge in [0.25, 0.3) is 0 Å². The van der Waals surface area contributed by atoms with E-state index in [-0.39, 0.29) is 24.0 Å². The summed E-state index contributed by atoms with van der Waals surface area (Å²) in [5, 5.41) is 8.85. The van der Waals surface area contributed by atoms with Crippen molar-refractivity contribution in [1.29, 1.82) is 0 Å². The van der Waals surface area contributed by atoms with Gasteiger partial charge in [-0.1, -0.05) is 37.3 Å². The van der Waals surface area contributed by atoms with Crippen molar-refractivity contribution in [2.75, 3.05) is 19.7 Å². The number of ether oxygens (including phenoxy) is 1. The normalized spacial score (nSPS) is 11.1. The highest BCUT2D eigenvalue weighted by Gasteiger charge is 2.03. The number of halogens is 1. The largest absolute Gasteiger partial charge is 0.377 e. The lowest BCUT2D eigenvalue weighted by atomic mass is 10.1. The molecule has 0 amide bonds. The molecule has 0 spiro atoms. The molecule has 0 saturated carbocycles. The van der Waals surface area contributed by atoms with Crippen LogP contribution in [0.25, 0.3) is 0 Å². The Morgan fingerprint density at radius 2 is 1.88 bits per heavy atom. The minimum absolute atomic E-state index is 0. The minimum Gasteiger partial charge on any atom is -0.377 e. The summed E-state index contributed by atoms with van der Waals surface area (Å²) in [6.45, 7) is 8.05. The first-order chi connectivity index (χ1) is 12.3. The monoisotopic (exact) mass is 487 g/mol. The number of hydrogen-bond donors (Lipinski definition) is 2. The summed E-state index contributed by atoms with van der Waals surface area (Å²) in [5.74, 6) is 0.864. The van der Waals surface area contributed by atoms with Crippen molar-refractivity contribution >= 4 is 41.3 Å². The van der Waals surface area contributed by atoms with Crippen molar-refractivity contribution in [2.45, 2.75) is 39.8 Å². The Hall–Kier alpha value is -1.12. The fourth-order valence-electron chi connectivity index (χ4n) is 2.44. The lowest BCUT2D eigenvalue weighted by Crippen LogP contribution is -2.38. The molecule has 0 radical (unpaired) electrons. The fraction of sp³-hybridized carbons (Fsp3) is 0.450. The third-order valence-corrected chi connectivity index (χ3v) is 4.66. The minimum atomic E-state index is 0. The Balaban J connectivity index is 0.00000338. The Bertz CT molecular complexity index is 632. The molecule has 6 heteroatoms. The highest BCUT2D eigenvalue weighted by Crippen LogP contribution is 2.12. The number of nitrogens with one attached hydrogen (secondary N) is 2. The van der Waals surface area contributed by atoms with Gasteiger partial charge in [-0.2, -0.15) is 0 Å². The molecule has 2 aromatic rings. The van der Waals surface area contributed by atoms with Gasteiger partial charge in [0.15, 0.2) is 5.96 Å². The highest BCUT2D eigenvalue weighted by molar-refractivity contribution is 14.0. The van der Waals surface area contributed by atoms with E-state index in [1.54, 1.807) is 11.3 Å². The smallest absolute Gasteiger partial charge is 0.191 e. The number of aliphatic imine (C=N–C) groups is 1. The molecule has 0 aliphatic rings. The van der Waals surface area contributed by atoms with Gasteiger partial charge in [-0.25, -0.2) is 4.99 Å². The Labute approximate surface area is 178 Å². The summed E-state index contributed by atoms with van der Waals surface area (Å²) in [6.07, 6.45) is 2.06. The molecular formula is C20H30IN3OS. The van der Waals surface area contributed by atoms with Gasteiger partial charge in [0.05, 0.1) is 13.2 Å². The molecule has 2 rings (SSSR count). The van der Waals surface area contributed by atoms with E-state index >= 15 is 0 Å². The first kappa shape index (κ1) is 22.9. The molecule has 0 aliphatic carbocycles. The molecule has 2 N–H and O–H groups in total. The average Bonchev–Trinajstić information content (AvgIpc) is 3.14. The summed E-state index contributed by atoms with van der Waals surface area (Å²) in [6, 6.07) is 12.6. The summed E-state index contributed by atoms with van der Waals surface area (Å²) in [4.78, 5) is 6.12. The Morgan fingerprint density at radius 3 is 2.58 bits per heavy atom. The van der Waals surface area contributed by atoms with E-state index in [1.165, 1.54) is 16.0 Å². The van der Waals surface area contributed by atoms with Crippen LogP contribution in [0.4, 0.5) is 0 Å². The van der Waals surface area contributed by atoms with E-state index < -0.39 is 0 Å². The highest BCUT2D eigenvalue weighted by atomic mass is 127. The number of nitrogens with zero attached hydrogens (tertiary/aromatic N) is 1. The predicted molar refractivity (Wildman–Crippen MR) is 123 cm³/mol. The molecule has 1 heterocycles. The van der Waals surface area contributed by atoms with E-state index in [0.717, 1.165) is 38.5 Å². The van der Waals surface area contributed by atoms with Crippen molar-refractivity contribution in [3.63, 3.8) is 0 Å². The van der Waals surface area contributed by atoms with Crippen LogP contribution in [0, 0.1) is 0 Å². The second-order valence-corrected chi connectivity index (χ2v) is 6.80. The van der Waals surface area contributed by atoms with Crippen molar-refractivity contribution in [3.05, 3.63) is 57.8 Å². The summed E-state index contributed by atoms with van der Waals surface area (Å²) in [5.41, 5.74) is 2.43. The first-order valence-electron chi connectivity index (χ1n) is 9.02. The number of rotatable bonds is 10. The maximum atomic E-state index is 5.69. The zero-order valence-electron chi connectivity index (χ0n) is 15.7. The molecule has 4 nitrogen and oxygen atoms in total. The van der Waals surface area contributed by atoms with Gasteiger partial charge < -0.3 is 15.4 Å². The Kier molecular flexibility index (Phi) is 12.3. The molecule has 0 bridgehead atoms.